The van der Waals surface area contributed by atoms with Gasteiger partial charge in [-0.1, -0.05) is 30.3 Å². The van der Waals surface area contributed by atoms with E-state index in [0.29, 0.717) is 24.5 Å². The van der Waals surface area contributed by atoms with E-state index < -0.39 is 0 Å². The number of benzene rings is 2. The Morgan fingerprint density at radius 3 is 2.63 bits per heavy atom. The zero-order valence-electron chi connectivity index (χ0n) is 16.1. The number of para-hydroxylation sites is 3. The molecule has 0 bridgehead atoms. The van der Waals surface area contributed by atoms with Gasteiger partial charge in [-0.25, -0.2) is 4.98 Å². The summed E-state index contributed by atoms with van der Waals surface area (Å²) < 4.78 is 11.7. The highest BCUT2D eigenvalue weighted by molar-refractivity contribution is 6.07. The standard InChI is InChI=1S/C24H19N3O3/c28-24(26-14-17-15-29-22-7-3-4-8-23(22)30-17)19-13-21(16-9-11-25-12-10-16)27-20-6-2-1-5-18(19)20/h1-13,17H,14-15H2,(H,26,28). The van der Waals surface area contributed by atoms with Gasteiger partial charge in [0.05, 0.1) is 23.3 Å². The molecule has 148 valence electrons. The van der Waals surface area contributed by atoms with E-state index in [1.807, 2.05) is 66.7 Å². The average Bonchev–Trinajstić information content (AvgIpc) is 2.82. The van der Waals surface area contributed by atoms with Gasteiger partial charge in [0.25, 0.3) is 5.91 Å². The second-order valence-corrected chi connectivity index (χ2v) is 7.02. The molecule has 5 rings (SSSR count). The van der Waals surface area contributed by atoms with Gasteiger partial charge in [-0.05, 0) is 36.4 Å². The first-order valence-corrected chi connectivity index (χ1v) is 9.75. The van der Waals surface area contributed by atoms with Crippen molar-refractivity contribution in [1.82, 2.24) is 15.3 Å². The summed E-state index contributed by atoms with van der Waals surface area (Å²) in [6.07, 6.45) is 3.17. The smallest absolute Gasteiger partial charge is 0.252 e. The van der Waals surface area contributed by atoms with Gasteiger partial charge in [-0.2, -0.15) is 0 Å². The fraction of sp³-hybridized carbons (Fsp3) is 0.125. The zero-order chi connectivity index (χ0) is 20.3. The van der Waals surface area contributed by atoms with E-state index in [4.69, 9.17) is 14.5 Å². The van der Waals surface area contributed by atoms with Gasteiger partial charge in [0, 0.05) is 23.3 Å². The molecule has 1 unspecified atom stereocenters. The van der Waals surface area contributed by atoms with Gasteiger partial charge in [0.1, 0.15) is 12.7 Å². The molecule has 1 aliphatic heterocycles. The third-order valence-corrected chi connectivity index (χ3v) is 4.99. The van der Waals surface area contributed by atoms with Crippen LogP contribution in [0.25, 0.3) is 22.2 Å². The fourth-order valence-corrected chi connectivity index (χ4v) is 3.50. The summed E-state index contributed by atoms with van der Waals surface area (Å²) >= 11 is 0. The molecule has 2 aromatic heterocycles. The Morgan fingerprint density at radius 1 is 1.00 bits per heavy atom. The monoisotopic (exact) mass is 397 g/mol. The third-order valence-electron chi connectivity index (χ3n) is 4.99. The van der Waals surface area contributed by atoms with Crippen molar-refractivity contribution in [1.29, 1.82) is 0 Å². The molecule has 0 aliphatic carbocycles. The molecule has 0 radical (unpaired) electrons. The SMILES string of the molecule is O=C(NCC1COc2ccccc2O1)c1cc(-c2ccncc2)nc2ccccc12. The molecule has 1 amide bonds. The molecule has 0 spiro atoms. The topological polar surface area (TPSA) is 73.3 Å². The van der Waals surface area contributed by atoms with Crippen molar-refractivity contribution in [2.75, 3.05) is 13.2 Å². The Labute approximate surface area is 173 Å². The van der Waals surface area contributed by atoms with Gasteiger partial charge < -0.3 is 14.8 Å². The molecule has 1 atom stereocenters. The molecular formula is C24H19N3O3. The lowest BCUT2D eigenvalue weighted by Gasteiger charge is -2.26. The van der Waals surface area contributed by atoms with Crippen LogP contribution in [0.2, 0.25) is 0 Å². The number of nitrogens with one attached hydrogen (secondary N) is 1. The van der Waals surface area contributed by atoms with Crippen LogP contribution in [-0.2, 0) is 0 Å². The maximum atomic E-state index is 13.1. The molecular weight excluding hydrogens is 378 g/mol. The zero-order valence-corrected chi connectivity index (χ0v) is 16.1. The van der Waals surface area contributed by atoms with Crippen molar-refractivity contribution in [3.8, 4) is 22.8 Å². The molecule has 1 N–H and O–H groups in total. The molecule has 1 aliphatic rings. The van der Waals surface area contributed by atoms with Gasteiger partial charge in [-0.15, -0.1) is 0 Å². The number of aromatic nitrogens is 2. The summed E-state index contributed by atoms with van der Waals surface area (Å²) in [6, 6.07) is 20.7. The van der Waals surface area contributed by atoms with E-state index in [1.54, 1.807) is 12.4 Å². The number of rotatable bonds is 4. The Morgan fingerprint density at radius 2 is 1.77 bits per heavy atom. The van der Waals surface area contributed by atoms with Crippen molar-refractivity contribution < 1.29 is 14.3 Å². The van der Waals surface area contributed by atoms with Gasteiger partial charge in [-0.3, -0.25) is 9.78 Å². The van der Waals surface area contributed by atoms with E-state index in [2.05, 4.69) is 10.3 Å². The number of carbonyl (C=O) groups is 1. The minimum Gasteiger partial charge on any atom is -0.486 e. The first-order valence-electron chi connectivity index (χ1n) is 9.75. The van der Waals surface area contributed by atoms with Crippen molar-refractivity contribution in [2.45, 2.75) is 6.10 Å². The Bertz CT molecular complexity index is 1210. The second kappa shape index (κ2) is 7.83. The Balaban J connectivity index is 1.39. The summed E-state index contributed by atoms with van der Waals surface area (Å²) in [4.78, 5) is 21.8. The van der Waals surface area contributed by atoms with E-state index in [-0.39, 0.29) is 12.0 Å². The average molecular weight is 397 g/mol. The fourth-order valence-electron chi connectivity index (χ4n) is 3.50. The molecule has 0 saturated carbocycles. The summed E-state index contributed by atoms with van der Waals surface area (Å²) in [7, 11) is 0. The lowest BCUT2D eigenvalue weighted by molar-refractivity contribution is 0.0790. The first kappa shape index (κ1) is 18.1. The van der Waals surface area contributed by atoms with E-state index in [1.165, 1.54) is 0 Å². The van der Waals surface area contributed by atoms with Crippen LogP contribution in [-0.4, -0.2) is 35.1 Å². The third kappa shape index (κ3) is 3.55. The molecule has 3 heterocycles. The van der Waals surface area contributed by atoms with Crippen LogP contribution in [0.15, 0.2) is 79.1 Å². The van der Waals surface area contributed by atoms with Crippen LogP contribution in [0.5, 0.6) is 11.5 Å². The molecule has 30 heavy (non-hydrogen) atoms. The number of fused-ring (bicyclic) bond motifs is 2. The maximum Gasteiger partial charge on any atom is 0.252 e. The van der Waals surface area contributed by atoms with Crippen LogP contribution in [0.3, 0.4) is 0 Å². The van der Waals surface area contributed by atoms with Gasteiger partial charge in [0.2, 0.25) is 0 Å². The largest absolute Gasteiger partial charge is 0.486 e. The maximum absolute atomic E-state index is 13.1. The van der Waals surface area contributed by atoms with Crippen molar-refractivity contribution >= 4 is 16.8 Å². The normalized spacial score (nSPS) is 15.0. The lowest BCUT2D eigenvalue weighted by atomic mass is 10.0. The molecule has 0 saturated heterocycles. The number of amides is 1. The van der Waals surface area contributed by atoms with Crippen LogP contribution in [0.4, 0.5) is 0 Å². The van der Waals surface area contributed by atoms with Crippen molar-refractivity contribution in [2.24, 2.45) is 0 Å². The van der Waals surface area contributed by atoms with Gasteiger partial charge in [0.15, 0.2) is 11.5 Å². The van der Waals surface area contributed by atoms with E-state index in [0.717, 1.165) is 27.9 Å². The van der Waals surface area contributed by atoms with Crippen molar-refractivity contribution in [3.05, 3.63) is 84.7 Å². The minimum absolute atomic E-state index is 0.175. The molecule has 0 fully saturated rings. The predicted molar refractivity (Wildman–Crippen MR) is 114 cm³/mol. The van der Waals surface area contributed by atoms with E-state index >= 15 is 0 Å². The number of hydrogen-bond acceptors (Lipinski definition) is 5. The predicted octanol–water partition coefficient (Wildman–Crippen LogP) is 3.87. The number of carbonyl (C=O) groups excluding carboxylic acids is 1. The molecule has 4 aromatic rings. The minimum atomic E-state index is -0.253. The number of pyridine rings is 2. The quantitative estimate of drug-likeness (QED) is 0.566. The number of hydrogen-bond donors (Lipinski definition) is 1. The first-order chi connectivity index (χ1) is 14.8. The highest BCUT2D eigenvalue weighted by Gasteiger charge is 2.22. The second-order valence-electron chi connectivity index (χ2n) is 7.02. The number of nitrogens with zero attached hydrogens (tertiary/aromatic N) is 2. The highest BCUT2D eigenvalue weighted by Crippen LogP contribution is 2.30. The molecule has 6 nitrogen and oxygen atoms in total. The Hall–Kier alpha value is -3.93. The van der Waals surface area contributed by atoms with Crippen molar-refractivity contribution in [3.63, 3.8) is 0 Å². The summed E-state index contributed by atoms with van der Waals surface area (Å²) in [5.41, 5.74) is 2.98. The Kier molecular flexibility index (Phi) is 4.73. The van der Waals surface area contributed by atoms with Gasteiger partial charge >= 0.3 is 0 Å². The van der Waals surface area contributed by atoms with E-state index in [9.17, 15) is 4.79 Å². The van der Waals surface area contributed by atoms with Crippen LogP contribution in [0.1, 0.15) is 10.4 Å². The van der Waals surface area contributed by atoms with Crippen LogP contribution < -0.4 is 14.8 Å². The highest BCUT2D eigenvalue weighted by atomic mass is 16.6. The van der Waals surface area contributed by atoms with Crippen LogP contribution in [0, 0.1) is 0 Å². The molecule has 6 heteroatoms. The summed E-state index contributed by atoms with van der Waals surface area (Å²) in [6.45, 7) is 0.727. The van der Waals surface area contributed by atoms with Crippen LogP contribution >= 0.6 is 0 Å². The number of ether oxygens (including phenoxy) is 2. The summed E-state index contributed by atoms with van der Waals surface area (Å²) in [5, 5.41) is 3.79. The molecule has 2 aromatic carbocycles. The summed E-state index contributed by atoms with van der Waals surface area (Å²) in [5.74, 6) is 1.24. The lowest BCUT2D eigenvalue weighted by Crippen LogP contribution is -2.40.